The predicted molar refractivity (Wildman–Crippen MR) is 130 cm³/mol. The predicted octanol–water partition coefficient (Wildman–Crippen LogP) is 4.19. The van der Waals surface area contributed by atoms with Crippen LogP contribution >= 0.6 is 22.9 Å². The van der Waals surface area contributed by atoms with Gasteiger partial charge in [-0.2, -0.15) is 0 Å². The van der Waals surface area contributed by atoms with Crippen molar-refractivity contribution >= 4 is 34.8 Å². The summed E-state index contributed by atoms with van der Waals surface area (Å²) in [5, 5.41) is 0.618. The number of hydrogen-bond acceptors (Lipinski definition) is 6. The monoisotopic (exact) mass is 490 g/mol. The highest BCUT2D eigenvalue weighted by Gasteiger charge is 2.53. The molecule has 0 radical (unpaired) electrons. The summed E-state index contributed by atoms with van der Waals surface area (Å²) in [6, 6.07) is 18.1. The van der Waals surface area contributed by atoms with E-state index in [0.29, 0.717) is 31.6 Å². The van der Waals surface area contributed by atoms with Crippen molar-refractivity contribution < 1.29 is 13.9 Å². The van der Waals surface area contributed by atoms with Crippen LogP contribution in [0.5, 0.6) is 5.75 Å². The topological polar surface area (TPSA) is 73.8 Å². The van der Waals surface area contributed by atoms with Crippen LogP contribution in [0.2, 0.25) is 5.02 Å². The van der Waals surface area contributed by atoms with Gasteiger partial charge in [-0.15, -0.1) is 0 Å². The van der Waals surface area contributed by atoms with Crippen molar-refractivity contribution in [3.8, 4) is 17.1 Å². The van der Waals surface area contributed by atoms with Crippen molar-refractivity contribution in [1.82, 2.24) is 4.57 Å². The lowest BCUT2D eigenvalue weighted by molar-refractivity contribution is -0.132. The molecule has 3 atom stereocenters. The number of carbonyl (C=O) groups is 1. The molecule has 0 fully saturated rings. The van der Waals surface area contributed by atoms with E-state index in [1.165, 1.54) is 18.3 Å². The first-order valence-electron chi connectivity index (χ1n) is 10.8. The Morgan fingerprint density at radius 3 is 2.79 bits per heavy atom. The van der Waals surface area contributed by atoms with Gasteiger partial charge in [-0.1, -0.05) is 53.3 Å². The van der Waals surface area contributed by atoms with E-state index in [1.54, 1.807) is 16.7 Å². The van der Waals surface area contributed by atoms with Gasteiger partial charge >= 0.3 is 0 Å². The molecule has 0 N–H and O–H groups in total. The van der Waals surface area contributed by atoms with E-state index in [2.05, 4.69) is 0 Å². The number of furan rings is 1. The average molecular weight is 491 g/mol. The molecule has 0 unspecified atom stereocenters. The first kappa shape index (κ1) is 21.1. The van der Waals surface area contributed by atoms with Gasteiger partial charge in [-0.3, -0.25) is 14.2 Å². The largest absolute Gasteiger partial charge is 0.465 e. The normalized spacial score (nSPS) is 23.0. The van der Waals surface area contributed by atoms with E-state index in [9.17, 15) is 9.59 Å². The van der Waals surface area contributed by atoms with Gasteiger partial charge in [0.25, 0.3) is 5.56 Å². The third-order valence-corrected chi connectivity index (χ3v) is 7.55. The fraction of sp³-hybridized carbons (Fsp3) is 0.192. The fourth-order valence-electron chi connectivity index (χ4n) is 4.91. The average Bonchev–Trinajstić information content (AvgIpc) is 3.37. The molecule has 4 aromatic rings. The summed E-state index contributed by atoms with van der Waals surface area (Å²) in [5.74, 6) is 1.16. The summed E-state index contributed by atoms with van der Waals surface area (Å²) >= 11 is 7.36. The van der Waals surface area contributed by atoms with Crippen LogP contribution in [0.4, 0.5) is 0 Å². The van der Waals surface area contributed by atoms with Crippen molar-refractivity contribution in [2.45, 2.75) is 25.6 Å². The summed E-state index contributed by atoms with van der Waals surface area (Å²) in [6.07, 6.45) is 1.71. The molecule has 34 heavy (non-hydrogen) atoms. The number of nitrogens with zero attached hydrogens (tertiary/aromatic N) is 2. The molecule has 0 saturated carbocycles. The van der Waals surface area contributed by atoms with Crippen molar-refractivity contribution in [3.63, 3.8) is 0 Å². The Bertz CT molecular complexity index is 1650. The Balaban J connectivity index is 1.52. The maximum atomic E-state index is 13.6. The number of fused-ring (bicyclic) bond motifs is 6. The van der Waals surface area contributed by atoms with Crippen LogP contribution in [0.1, 0.15) is 31.2 Å². The summed E-state index contributed by atoms with van der Waals surface area (Å²) in [6.45, 7) is 3.33. The molecule has 4 heterocycles. The van der Waals surface area contributed by atoms with E-state index >= 15 is 0 Å². The number of benzene rings is 2. The number of Topliss-reactive ketones (excluding diaryl/α,β-unsaturated/α-hetero) is 1. The van der Waals surface area contributed by atoms with E-state index in [0.717, 1.165) is 11.1 Å². The maximum absolute atomic E-state index is 13.6. The highest BCUT2D eigenvalue weighted by atomic mass is 35.5. The number of ketones is 1. The van der Waals surface area contributed by atoms with E-state index in [-0.39, 0.29) is 11.3 Å². The van der Waals surface area contributed by atoms with E-state index in [1.807, 2.05) is 61.5 Å². The summed E-state index contributed by atoms with van der Waals surface area (Å²) in [4.78, 5) is 31.6. The molecule has 0 aliphatic carbocycles. The molecule has 2 aromatic heterocycles. The van der Waals surface area contributed by atoms with E-state index < -0.39 is 17.7 Å². The fourth-order valence-corrected chi connectivity index (χ4v) is 6.18. The molecule has 0 saturated heterocycles. The number of ether oxygens (including phenoxy) is 1. The van der Waals surface area contributed by atoms with Crippen LogP contribution in [-0.2, 0) is 4.79 Å². The number of aromatic nitrogens is 1. The molecule has 2 bridgehead atoms. The van der Waals surface area contributed by atoms with Crippen molar-refractivity contribution in [2.24, 2.45) is 10.9 Å². The first-order chi connectivity index (χ1) is 16.3. The highest BCUT2D eigenvalue weighted by Crippen LogP contribution is 2.47. The third-order valence-electron chi connectivity index (χ3n) is 6.33. The van der Waals surface area contributed by atoms with Crippen LogP contribution < -0.4 is 19.6 Å². The first-order valence-corrected chi connectivity index (χ1v) is 12.0. The molecule has 170 valence electrons. The second-order valence-electron chi connectivity index (χ2n) is 8.62. The molecular weight excluding hydrogens is 472 g/mol. The molecule has 8 heteroatoms. The number of para-hydroxylation sites is 1. The second kappa shape index (κ2) is 7.55. The third kappa shape index (κ3) is 3.19. The quantitative estimate of drug-likeness (QED) is 0.431. The number of thiazole rings is 1. The molecule has 2 aromatic carbocycles. The highest BCUT2D eigenvalue weighted by molar-refractivity contribution is 7.07. The molecular formula is C26H19ClN2O4S. The minimum absolute atomic E-state index is 0.0720. The van der Waals surface area contributed by atoms with Crippen LogP contribution in [0.15, 0.2) is 74.9 Å². The maximum Gasteiger partial charge on any atom is 0.271 e. The minimum Gasteiger partial charge on any atom is -0.465 e. The smallest absolute Gasteiger partial charge is 0.271 e. The molecule has 2 aliphatic rings. The van der Waals surface area contributed by atoms with Gasteiger partial charge in [0.2, 0.25) is 5.72 Å². The van der Waals surface area contributed by atoms with Gasteiger partial charge in [-0.25, -0.2) is 4.99 Å². The summed E-state index contributed by atoms with van der Waals surface area (Å²) in [7, 11) is 0. The lowest BCUT2D eigenvalue weighted by atomic mass is 9.79. The number of rotatable bonds is 3. The molecule has 2 aliphatic heterocycles. The summed E-state index contributed by atoms with van der Waals surface area (Å²) in [5.41, 5.74) is 0.372. The SMILES string of the molecule is CC(=O)[C@H]1[C@@H]2c3ccccc3O[C@]1(C)N=c1s/c(=C/c3ccc(-c4cccc(Cl)c4)o3)c(=O)n12. The lowest BCUT2D eigenvalue weighted by Crippen LogP contribution is -2.58. The van der Waals surface area contributed by atoms with Crippen molar-refractivity contribution in [1.29, 1.82) is 0 Å². The van der Waals surface area contributed by atoms with Crippen LogP contribution in [0.25, 0.3) is 17.4 Å². The molecule has 0 amide bonds. The second-order valence-corrected chi connectivity index (χ2v) is 10.1. The number of halogens is 1. The lowest BCUT2D eigenvalue weighted by Gasteiger charge is -2.45. The Hall–Kier alpha value is -3.42. The van der Waals surface area contributed by atoms with Gasteiger partial charge in [-0.05, 0) is 44.2 Å². The Labute approximate surface area is 203 Å². The number of carbonyl (C=O) groups excluding carboxylic acids is 1. The zero-order valence-electron chi connectivity index (χ0n) is 18.3. The zero-order chi connectivity index (χ0) is 23.6. The minimum atomic E-state index is -1.08. The van der Waals surface area contributed by atoms with Gasteiger partial charge in [0.15, 0.2) is 4.80 Å². The van der Waals surface area contributed by atoms with Gasteiger partial charge in [0.05, 0.1) is 10.6 Å². The molecule has 6 rings (SSSR count). The van der Waals surface area contributed by atoms with Gasteiger partial charge in [0, 0.05) is 22.2 Å². The Morgan fingerprint density at radius 1 is 1.18 bits per heavy atom. The summed E-state index contributed by atoms with van der Waals surface area (Å²) < 4.78 is 14.3. The Kier molecular flexibility index (Phi) is 4.69. The van der Waals surface area contributed by atoms with E-state index in [4.69, 9.17) is 25.7 Å². The van der Waals surface area contributed by atoms with Crippen LogP contribution in [0, 0.1) is 5.92 Å². The number of hydrogen-bond donors (Lipinski definition) is 0. The van der Waals surface area contributed by atoms with Gasteiger partial charge in [0.1, 0.15) is 29.0 Å². The Morgan fingerprint density at radius 2 is 2.00 bits per heavy atom. The zero-order valence-corrected chi connectivity index (χ0v) is 19.9. The van der Waals surface area contributed by atoms with Crippen molar-refractivity contribution in [2.75, 3.05) is 0 Å². The molecule has 6 nitrogen and oxygen atoms in total. The standard InChI is InChI=1S/C26H19ClN2O4S/c1-14(30)22-23-18-8-3-4-9-20(18)33-26(22,2)28-25-29(23)24(31)21(34-25)13-17-10-11-19(32-17)15-6-5-7-16(27)12-15/h3-13,22-23H,1-2H3/b21-13+/t22-,23-,26-/m0/s1. The van der Waals surface area contributed by atoms with Crippen molar-refractivity contribution in [3.05, 3.63) is 96.7 Å². The van der Waals surface area contributed by atoms with Gasteiger partial charge < -0.3 is 9.15 Å². The van der Waals surface area contributed by atoms with Crippen LogP contribution in [0.3, 0.4) is 0 Å². The molecule has 0 spiro atoms. The van der Waals surface area contributed by atoms with Crippen LogP contribution in [-0.4, -0.2) is 16.1 Å².